The molecule has 9 heteroatoms. The Morgan fingerprint density at radius 2 is 1.64 bits per heavy atom. The van der Waals surface area contributed by atoms with Crippen molar-refractivity contribution in [3.63, 3.8) is 0 Å². The number of hydrogen-bond donors (Lipinski definition) is 1. The summed E-state index contributed by atoms with van der Waals surface area (Å²) in [6.45, 7) is 3.33. The fourth-order valence-corrected chi connectivity index (χ4v) is 4.28. The van der Waals surface area contributed by atoms with Gasteiger partial charge in [-0.1, -0.05) is 24.3 Å². The van der Waals surface area contributed by atoms with Crippen LogP contribution in [0.1, 0.15) is 39.1 Å². The maximum absolute atomic E-state index is 13.0. The molecule has 1 N–H and O–H groups in total. The number of esters is 2. The third-order valence-corrected chi connectivity index (χ3v) is 6.37. The van der Waals surface area contributed by atoms with Gasteiger partial charge in [-0.05, 0) is 55.7 Å². The van der Waals surface area contributed by atoms with E-state index in [0.29, 0.717) is 25.9 Å². The molecule has 1 aromatic heterocycles. The van der Waals surface area contributed by atoms with Crippen LogP contribution < -0.4 is 10.2 Å². The first-order chi connectivity index (χ1) is 17.4. The normalized spacial score (nSPS) is 13.7. The average molecular weight is 489 g/mol. The van der Waals surface area contributed by atoms with E-state index in [9.17, 15) is 14.4 Å². The lowest BCUT2D eigenvalue weighted by Gasteiger charge is -2.32. The predicted octanol–water partition coefficient (Wildman–Crippen LogP) is 3.88. The summed E-state index contributed by atoms with van der Waals surface area (Å²) in [6.07, 6.45) is 1.22. The first kappa shape index (κ1) is 24.8. The minimum Gasteiger partial charge on any atom is -0.465 e. The van der Waals surface area contributed by atoms with Crippen molar-refractivity contribution in [2.45, 2.75) is 19.8 Å². The molecule has 186 valence electrons. The Kier molecular flexibility index (Phi) is 7.58. The van der Waals surface area contributed by atoms with Crippen molar-refractivity contribution in [3.05, 3.63) is 71.3 Å². The molecule has 1 fully saturated rings. The molecule has 0 radical (unpaired) electrons. The van der Waals surface area contributed by atoms with Crippen molar-refractivity contribution in [2.24, 2.45) is 5.92 Å². The van der Waals surface area contributed by atoms with Crippen LogP contribution in [-0.4, -0.2) is 55.4 Å². The van der Waals surface area contributed by atoms with Crippen molar-refractivity contribution in [1.82, 2.24) is 10.2 Å². The highest BCUT2D eigenvalue weighted by Gasteiger charge is 2.27. The maximum Gasteiger partial charge on any atom is 0.339 e. The predicted molar refractivity (Wildman–Crippen MR) is 135 cm³/mol. The second kappa shape index (κ2) is 11.0. The van der Waals surface area contributed by atoms with E-state index in [0.717, 1.165) is 22.6 Å². The van der Waals surface area contributed by atoms with Gasteiger partial charge in [0.2, 0.25) is 5.91 Å². The van der Waals surface area contributed by atoms with E-state index in [2.05, 4.69) is 20.4 Å². The van der Waals surface area contributed by atoms with Gasteiger partial charge in [-0.3, -0.25) is 4.79 Å². The topological polar surface area (TPSA) is 111 Å². The number of aryl methyl sites for hydroxylation is 1. The van der Waals surface area contributed by atoms with Crippen LogP contribution in [0.25, 0.3) is 11.3 Å². The molecule has 0 unspecified atom stereocenters. The van der Waals surface area contributed by atoms with Gasteiger partial charge in [0, 0.05) is 24.6 Å². The Morgan fingerprint density at radius 3 is 2.28 bits per heavy atom. The molecule has 4 rings (SSSR count). The van der Waals surface area contributed by atoms with Crippen molar-refractivity contribution in [3.8, 4) is 11.3 Å². The van der Waals surface area contributed by atoms with Gasteiger partial charge >= 0.3 is 11.9 Å². The number of aromatic nitrogens is 2. The fourth-order valence-electron chi connectivity index (χ4n) is 4.28. The summed E-state index contributed by atoms with van der Waals surface area (Å²) in [5.74, 6) is -0.880. The number of methoxy groups -OCH3 is 2. The Bertz CT molecular complexity index is 1270. The second-order valence-electron chi connectivity index (χ2n) is 8.59. The molecule has 0 bridgehead atoms. The minimum absolute atomic E-state index is 0.167. The van der Waals surface area contributed by atoms with E-state index in [1.807, 2.05) is 43.3 Å². The Hall–Kier alpha value is -4.27. The third kappa shape index (κ3) is 5.35. The molecule has 1 aliphatic rings. The monoisotopic (exact) mass is 488 g/mol. The van der Waals surface area contributed by atoms with Crippen LogP contribution in [-0.2, 0) is 14.3 Å². The molecule has 3 aromatic rings. The number of benzene rings is 2. The van der Waals surface area contributed by atoms with Gasteiger partial charge in [0.05, 0.1) is 36.7 Å². The number of carbonyl (C=O) groups is 3. The van der Waals surface area contributed by atoms with Crippen LogP contribution in [0.15, 0.2) is 54.6 Å². The lowest BCUT2D eigenvalue weighted by atomic mass is 9.95. The molecule has 2 aromatic carbocycles. The van der Waals surface area contributed by atoms with Gasteiger partial charge in [0.15, 0.2) is 5.82 Å². The van der Waals surface area contributed by atoms with E-state index < -0.39 is 11.9 Å². The molecule has 1 aliphatic heterocycles. The summed E-state index contributed by atoms with van der Waals surface area (Å²) in [7, 11) is 2.53. The van der Waals surface area contributed by atoms with E-state index in [4.69, 9.17) is 9.47 Å². The number of nitrogens with zero attached hydrogens (tertiary/aromatic N) is 3. The second-order valence-corrected chi connectivity index (χ2v) is 8.59. The van der Waals surface area contributed by atoms with Gasteiger partial charge in [-0.15, -0.1) is 10.2 Å². The van der Waals surface area contributed by atoms with Crippen molar-refractivity contribution in [1.29, 1.82) is 0 Å². The summed E-state index contributed by atoms with van der Waals surface area (Å²) in [5, 5.41) is 11.6. The molecule has 9 nitrogen and oxygen atoms in total. The smallest absolute Gasteiger partial charge is 0.339 e. The zero-order valence-corrected chi connectivity index (χ0v) is 20.5. The van der Waals surface area contributed by atoms with E-state index in [1.165, 1.54) is 32.4 Å². The molecule has 0 spiro atoms. The number of piperidine rings is 1. The van der Waals surface area contributed by atoms with E-state index in [-0.39, 0.29) is 28.6 Å². The zero-order chi connectivity index (χ0) is 25.7. The molecule has 1 amide bonds. The number of rotatable bonds is 6. The summed E-state index contributed by atoms with van der Waals surface area (Å²) in [6, 6.07) is 16.3. The van der Waals surface area contributed by atoms with Crippen LogP contribution in [0, 0.1) is 12.8 Å². The van der Waals surface area contributed by atoms with E-state index >= 15 is 0 Å². The number of amides is 1. The maximum atomic E-state index is 13.0. The molecule has 2 heterocycles. The lowest BCUT2D eigenvalue weighted by Crippen LogP contribution is -2.38. The third-order valence-electron chi connectivity index (χ3n) is 6.37. The first-order valence-electron chi connectivity index (χ1n) is 11.7. The molecule has 0 saturated carbocycles. The molecule has 0 atom stereocenters. The first-order valence-corrected chi connectivity index (χ1v) is 11.7. The lowest BCUT2D eigenvalue weighted by molar-refractivity contribution is -0.120. The van der Waals surface area contributed by atoms with Gasteiger partial charge in [-0.25, -0.2) is 9.59 Å². The Labute approximate surface area is 209 Å². The number of anilines is 2. The average Bonchev–Trinajstić information content (AvgIpc) is 2.92. The molecule has 1 saturated heterocycles. The number of hydrogen-bond acceptors (Lipinski definition) is 8. The minimum atomic E-state index is -0.607. The Morgan fingerprint density at radius 1 is 0.917 bits per heavy atom. The quantitative estimate of drug-likeness (QED) is 0.521. The largest absolute Gasteiger partial charge is 0.465 e. The van der Waals surface area contributed by atoms with Crippen LogP contribution in [0.2, 0.25) is 0 Å². The molecular weight excluding hydrogens is 460 g/mol. The zero-order valence-electron chi connectivity index (χ0n) is 20.5. The van der Waals surface area contributed by atoms with Crippen LogP contribution in [0.3, 0.4) is 0 Å². The van der Waals surface area contributed by atoms with Crippen molar-refractivity contribution < 1.29 is 23.9 Å². The van der Waals surface area contributed by atoms with Gasteiger partial charge < -0.3 is 19.7 Å². The van der Waals surface area contributed by atoms with E-state index in [1.54, 1.807) is 0 Å². The summed E-state index contributed by atoms with van der Waals surface area (Å²) in [4.78, 5) is 39.2. The Balaban J connectivity index is 1.41. The number of carbonyl (C=O) groups excluding carboxylic acids is 3. The number of ether oxygens (including phenoxy) is 2. The molecule has 36 heavy (non-hydrogen) atoms. The summed E-state index contributed by atoms with van der Waals surface area (Å²) < 4.78 is 9.56. The molecular formula is C27H28N4O5. The van der Waals surface area contributed by atoms with Gasteiger partial charge in [-0.2, -0.15) is 0 Å². The fraction of sp³-hybridized carbons (Fsp3) is 0.296. The highest BCUT2D eigenvalue weighted by Crippen LogP contribution is 2.27. The molecule has 0 aliphatic carbocycles. The highest BCUT2D eigenvalue weighted by atomic mass is 16.5. The van der Waals surface area contributed by atoms with Crippen LogP contribution in [0.5, 0.6) is 0 Å². The summed E-state index contributed by atoms with van der Waals surface area (Å²) in [5.41, 5.74) is 3.62. The standard InChI is InChI=1S/C27H28N4O5/c1-17-6-4-5-7-20(17)22-10-11-24(30-29-22)31-14-12-18(13-15-31)25(32)28-23-16-19(26(33)35-2)8-9-21(23)27(34)36-3/h4-11,16,18H,12-15H2,1-3H3,(H,28,32). The summed E-state index contributed by atoms with van der Waals surface area (Å²) >= 11 is 0. The van der Waals surface area contributed by atoms with Crippen molar-refractivity contribution in [2.75, 3.05) is 37.5 Å². The van der Waals surface area contributed by atoms with Crippen LogP contribution >= 0.6 is 0 Å². The van der Waals surface area contributed by atoms with Crippen LogP contribution in [0.4, 0.5) is 11.5 Å². The van der Waals surface area contributed by atoms with Gasteiger partial charge in [0.1, 0.15) is 0 Å². The highest BCUT2D eigenvalue weighted by molar-refractivity contribution is 6.04. The van der Waals surface area contributed by atoms with Crippen molar-refractivity contribution >= 4 is 29.4 Å². The van der Waals surface area contributed by atoms with Gasteiger partial charge in [0.25, 0.3) is 0 Å². The number of nitrogens with one attached hydrogen (secondary N) is 1. The SMILES string of the molecule is COC(=O)c1ccc(C(=O)OC)c(NC(=O)C2CCN(c3ccc(-c4ccccc4C)nn3)CC2)c1.